The normalized spacial score (nSPS) is 20.7. The molecule has 1 fully saturated rings. The van der Waals surface area contributed by atoms with Crippen LogP contribution in [0.2, 0.25) is 0 Å². The Morgan fingerprint density at radius 1 is 1.28 bits per heavy atom. The van der Waals surface area contributed by atoms with Gasteiger partial charge in [-0.25, -0.2) is 0 Å². The second kappa shape index (κ2) is 7.74. The monoisotopic (exact) mass is 255 g/mol. The first kappa shape index (κ1) is 15.4. The van der Waals surface area contributed by atoms with Crippen LogP contribution in [0.3, 0.4) is 0 Å². The molecule has 18 heavy (non-hydrogen) atoms. The maximum Gasteiger partial charge on any atom is 0.237 e. The molecule has 0 bridgehead atoms. The van der Waals surface area contributed by atoms with E-state index in [0.29, 0.717) is 12.1 Å². The third-order valence-electron chi connectivity index (χ3n) is 3.62. The molecular formula is C14H29N3O. The van der Waals surface area contributed by atoms with Gasteiger partial charge in [-0.3, -0.25) is 9.69 Å². The van der Waals surface area contributed by atoms with Crippen LogP contribution in [0.5, 0.6) is 0 Å². The van der Waals surface area contributed by atoms with Crippen LogP contribution in [0.4, 0.5) is 0 Å². The molecule has 0 radical (unpaired) electrons. The Labute approximate surface area is 111 Å². The van der Waals surface area contributed by atoms with E-state index in [4.69, 9.17) is 0 Å². The van der Waals surface area contributed by atoms with Gasteiger partial charge in [0.05, 0.1) is 6.04 Å². The molecule has 0 unspecified atom stereocenters. The molecule has 1 amide bonds. The molecule has 0 aliphatic carbocycles. The average molecular weight is 255 g/mol. The predicted molar refractivity (Wildman–Crippen MR) is 75.6 cm³/mol. The lowest BCUT2D eigenvalue weighted by atomic mass is 10.0. The van der Waals surface area contributed by atoms with Crippen molar-refractivity contribution in [3.63, 3.8) is 0 Å². The Balaban J connectivity index is 2.25. The number of carbonyl (C=O) groups excluding carboxylic acids is 1. The first-order valence-corrected chi connectivity index (χ1v) is 7.29. The summed E-state index contributed by atoms with van der Waals surface area (Å²) < 4.78 is 0. The van der Waals surface area contributed by atoms with Crippen molar-refractivity contribution in [2.75, 3.05) is 19.6 Å². The third kappa shape index (κ3) is 4.94. The number of nitrogens with zero attached hydrogens (tertiary/aromatic N) is 1. The van der Waals surface area contributed by atoms with Crippen molar-refractivity contribution in [3.8, 4) is 0 Å². The van der Waals surface area contributed by atoms with Gasteiger partial charge in [-0.1, -0.05) is 6.42 Å². The van der Waals surface area contributed by atoms with E-state index in [1.165, 1.54) is 6.42 Å². The molecule has 0 aromatic rings. The smallest absolute Gasteiger partial charge is 0.237 e. The number of hydrogen-bond donors (Lipinski definition) is 2. The molecule has 1 aliphatic heterocycles. The van der Waals surface area contributed by atoms with Crippen LogP contribution in [-0.2, 0) is 4.79 Å². The molecule has 0 spiro atoms. The predicted octanol–water partition coefficient (Wildman–Crippen LogP) is 1.36. The van der Waals surface area contributed by atoms with Crippen molar-refractivity contribution < 1.29 is 4.79 Å². The van der Waals surface area contributed by atoms with E-state index in [9.17, 15) is 4.79 Å². The number of carbonyl (C=O) groups is 1. The van der Waals surface area contributed by atoms with Crippen LogP contribution in [0.1, 0.15) is 47.0 Å². The van der Waals surface area contributed by atoms with Crippen LogP contribution in [0.25, 0.3) is 0 Å². The summed E-state index contributed by atoms with van der Waals surface area (Å²) in [5.74, 6) is 0.169. The van der Waals surface area contributed by atoms with E-state index in [1.807, 2.05) is 0 Å². The molecule has 1 saturated heterocycles. The molecular weight excluding hydrogens is 226 g/mol. The molecule has 2 N–H and O–H groups in total. The molecule has 1 heterocycles. The summed E-state index contributed by atoms with van der Waals surface area (Å²) in [6.45, 7) is 11.4. The minimum Gasteiger partial charge on any atom is -0.353 e. The van der Waals surface area contributed by atoms with Gasteiger partial charge in [-0.15, -0.1) is 0 Å². The topological polar surface area (TPSA) is 44.4 Å². The molecule has 1 atom stereocenters. The highest BCUT2D eigenvalue weighted by Gasteiger charge is 2.20. The van der Waals surface area contributed by atoms with Gasteiger partial charge in [-0.05, 0) is 47.1 Å². The fraction of sp³-hybridized carbons (Fsp3) is 0.929. The quantitative estimate of drug-likeness (QED) is 0.753. The van der Waals surface area contributed by atoms with Gasteiger partial charge in [0.25, 0.3) is 0 Å². The number of hydrogen-bond acceptors (Lipinski definition) is 3. The summed E-state index contributed by atoms with van der Waals surface area (Å²) in [7, 11) is 0. The highest BCUT2D eigenvalue weighted by Crippen LogP contribution is 2.07. The molecule has 0 saturated carbocycles. The lowest BCUT2D eigenvalue weighted by Crippen LogP contribution is -2.49. The van der Waals surface area contributed by atoms with Crippen molar-refractivity contribution in [2.24, 2.45) is 0 Å². The average Bonchev–Trinajstić information content (AvgIpc) is 2.34. The second-order valence-corrected chi connectivity index (χ2v) is 5.72. The molecule has 4 heteroatoms. The lowest BCUT2D eigenvalue weighted by molar-refractivity contribution is -0.123. The SMILES string of the molecule is CC(C)N(CCNC(=O)[C@H]1CCCCN1)C(C)C. The van der Waals surface area contributed by atoms with E-state index in [0.717, 1.165) is 32.5 Å². The van der Waals surface area contributed by atoms with Crippen LogP contribution in [0.15, 0.2) is 0 Å². The fourth-order valence-corrected chi connectivity index (χ4v) is 2.62. The van der Waals surface area contributed by atoms with Gasteiger partial charge >= 0.3 is 0 Å². The van der Waals surface area contributed by atoms with Crippen LogP contribution >= 0.6 is 0 Å². The van der Waals surface area contributed by atoms with Crippen molar-refractivity contribution in [3.05, 3.63) is 0 Å². The van der Waals surface area contributed by atoms with Crippen LogP contribution < -0.4 is 10.6 Å². The number of amides is 1. The van der Waals surface area contributed by atoms with Gasteiger partial charge in [0.15, 0.2) is 0 Å². The fourth-order valence-electron chi connectivity index (χ4n) is 2.62. The van der Waals surface area contributed by atoms with E-state index in [1.54, 1.807) is 0 Å². The molecule has 106 valence electrons. The Morgan fingerprint density at radius 3 is 2.44 bits per heavy atom. The van der Waals surface area contributed by atoms with Crippen molar-refractivity contribution in [1.29, 1.82) is 0 Å². The zero-order valence-corrected chi connectivity index (χ0v) is 12.3. The zero-order chi connectivity index (χ0) is 13.5. The Kier molecular flexibility index (Phi) is 6.65. The summed E-state index contributed by atoms with van der Waals surface area (Å²) >= 11 is 0. The highest BCUT2D eigenvalue weighted by atomic mass is 16.2. The number of nitrogens with one attached hydrogen (secondary N) is 2. The maximum atomic E-state index is 11.9. The molecule has 0 aromatic carbocycles. The van der Waals surface area contributed by atoms with Crippen molar-refractivity contribution in [1.82, 2.24) is 15.5 Å². The van der Waals surface area contributed by atoms with E-state index < -0.39 is 0 Å². The van der Waals surface area contributed by atoms with Crippen molar-refractivity contribution >= 4 is 5.91 Å². The van der Waals surface area contributed by atoms with E-state index in [-0.39, 0.29) is 11.9 Å². The summed E-state index contributed by atoms with van der Waals surface area (Å²) in [5.41, 5.74) is 0. The standard InChI is InChI=1S/C14H29N3O/c1-11(2)17(12(3)4)10-9-16-14(18)13-7-5-6-8-15-13/h11-13,15H,5-10H2,1-4H3,(H,16,18)/t13-/m1/s1. The van der Waals surface area contributed by atoms with E-state index in [2.05, 4.69) is 43.2 Å². The minimum absolute atomic E-state index is 0.0327. The lowest BCUT2D eigenvalue weighted by Gasteiger charge is -2.31. The summed E-state index contributed by atoms with van der Waals surface area (Å²) in [6.07, 6.45) is 3.33. The summed E-state index contributed by atoms with van der Waals surface area (Å²) in [5, 5.41) is 6.33. The van der Waals surface area contributed by atoms with Gasteiger partial charge < -0.3 is 10.6 Å². The van der Waals surface area contributed by atoms with Gasteiger partial charge in [0.2, 0.25) is 5.91 Å². The van der Waals surface area contributed by atoms with Gasteiger partial charge in [0.1, 0.15) is 0 Å². The zero-order valence-electron chi connectivity index (χ0n) is 12.3. The summed E-state index contributed by atoms with van der Waals surface area (Å²) in [4.78, 5) is 14.3. The van der Waals surface area contributed by atoms with Crippen LogP contribution in [0, 0.1) is 0 Å². The van der Waals surface area contributed by atoms with Gasteiger partial charge in [-0.2, -0.15) is 0 Å². The summed E-state index contributed by atoms with van der Waals surface area (Å²) in [6, 6.07) is 1.08. The second-order valence-electron chi connectivity index (χ2n) is 5.72. The first-order valence-electron chi connectivity index (χ1n) is 7.29. The number of rotatable bonds is 6. The Bertz CT molecular complexity index is 239. The molecule has 1 aliphatic rings. The molecule has 4 nitrogen and oxygen atoms in total. The highest BCUT2D eigenvalue weighted by molar-refractivity contribution is 5.81. The minimum atomic E-state index is 0.0327. The van der Waals surface area contributed by atoms with Crippen molar-refractivity contribution in [2.45, 2.75) is 65.1 Å². The Hall–Kier alpha value is -0.610. The largest absolute Gasteiger partial charge is 0.353 e. The Morgan fingerprint density at radius 2 is 1.94 bits per heavy atom. The van der Waals surface area contributed by atoms with Crippen LogP contribution in [-0.4, -0.2) is 48.6 Å². The maximum absolute atomic E-state index is 11.9. The van der Waals surface area contributed by atoms with E-state index >= 15 is 0 Å². The molecule has 1 rings (SSSR count). The first-order chi connectivity index (χ1) is 8.52. The third-order valence-corrected chi connectivity index (χ3v) is 3.62. The number of piperidine rings is 1. The molecule has 0 aromatic heterocycles. The van der Waals surface area contributed by atoms with Gasteiger partial charge in [0, 0.05) is 25.2 Å².